The first-order valence-electron chi connectivity index (χ1n) is 9.79. The van der Waals surface area contributed by atoms with E-state index in [2.05, 4.69) is 54.1 Å². The van der Waals surface area contributed by atoms with Crippen LogP contribution in [0.3, 0.4) is 0 Å². The van der Waals surface area contributed by atoms with Crippen LogP contribution in [0.15, 0.2) is 38.3 Å². The maximum absolute atomic E-state index is 9.57. The smallest absolute Gasteiger partial charge is 0.120 e. The van der Waals surface area contributed by atoms with Crippen LogP contribution in [0.4, 0.5) is 0 Å². The van der Waals surface area contributed by atoms with Crippen LogP contribution in [0.2, 0.25) is 0 Å². The van der Waals surface area contributed by atoms with E-state index >= 15 is 0 Å². The minimum Gasteiger partial charge on any atom is -0.385 e. The summed E-state index contributed by atoms with van der Waals surface area (Å²) in [5.41, 5.74) is 11.2. The predicted molar refractivity (Wildman–Crippen MR) is 114 cm³/mol. The lowest BCUT2D eigenvalue weighted by Crippen LogP contribution is -2.58. The van der Waals surface area contributed by atoms with Crippen molar-refractivity contribution in [2.75, 3.05) is 59.7 Å². The van der Waals surface area contributed by atoms with Crippen molar-refractivity contribution in [3.8, 4) is 0 Å². The van der Waals surface area contributed by atoms with Gasteiger partial charge in [-0.15, -0.1) is 0 Å². The average molecular weight is 405 g/mol. The lowest BCUT2D eigenvalue weighted by Gasteiger charge is -2.30. The molecule has 0 spiro atoms. The van der Waals surface area contributed by atoms with Gasteiger partial charge in [-0.05, 0) is 25.6 Å². The molecule has 9 heteroatoms. The van der Waals surface area contributed by atoms with E-state index in [4.69, 9.17) is 0 Å². The Hall–Kier alpha value is -1.62. The monoisotopic (exact) mass is 404 g/mol. The number of hydrogen-bond acceptors (Lipinski definition) is 6. The summed E-state index contributed by atoms with van der Waals surface area (Å²) in [7, 11) is 1.85. The molecule has 0 radical (unpaired) electrons. The van der Waals surface area contributed by atoms with Gasteiger partial charge in [0.2, 0.25) is 0 Å². The van der Waals surface area contributed by atoms with Crippen LogP contribution in [-0.2, 0) is 0 Å². The largest absolute Gasteiger partial charge is 0.385 e. The quantitative estimate of drug-likeness (QED) is 0.147. The third kappa shape index (κ3) is 15.4. The summed E-state index contributed by atoms with van der Waals surface area (Å²) in [5, 5.41) is 21.7. The Morgan fingerprint density at radius 1 is 0.821 bits per heavy atom. The van der Waals surface area contributed by atoms with Gasteiger partial charge in [-0.1, -0.05) is 26.7 Å². The van der Waals surface area contributed by atoms with Crippen molar-refractivity contribution in [3.63, 3.8) is 0 Å². The Bertz CT molecular complexity index is 376. The third-order valence-electron chi connectivity index (χ3n) is 4.10. The van der Waals surface area contributed by atoms with Crippen LogP contribution in [0.1, 0.15) is 6.92 Å². The molecule has 3 atom stereocenters. The second-order valence-electron chi connectivity index (χ2n) is 6.79. The minimum absolute atomic E-state index is 0.360. The third-order valence-corrected chi connectivity index (χ3v) is 4.10. The van der Waals surface area contributed by atoms with Gasteiger partial charge in [-0.25, -0.2) is 0 Å². The van der Waals surface area contributed by atoms with Gasteiger partial charge in [0.1, 0.15) is 25.3 Å². The van der Waals surface area contributed by atoms with Crippen molar-refractivity contribution in [2.24, 2.45) is 5.92 Å². The number of quaternary nitrogens is 3. The highest BCUT2D eigenvalue weighted by Gasteiger charge is 2.12. The predicted octanol–water partition coefficient (Wildman–Crippen LogP) is -3.47. The zero-order valence-corrected chi connectivity index (χ0v) is 18.1. The second kappa shape index (κ2) is 18.7. The molecule has 0 heterocycles. The highest BCUT2D eigenvalue weighted by Crippen LogP contribution is 2.02. The van der Waals surface area contributed by atoms with Gasteiger partial charge in [0.25, 0.3) is 0 Å². The first-order chi connectivity index (χ1) is 13.3. The molecule has 0 saturated carbocycles. The van der Waals surface area contributed by atoms with Gasteiger partial charge in [-0.3, -0.25) is 0 Å². The molecule has 0 aliphatic heterocycles. The maximum atomic E-state index is 9.57. The summed E-state index contributed by atoms with van der Waals surface area (Å²) in [6.07, 6.45) is 4.49. The van der Waals surface area contributed by atoms with Gasteiger partial charge in [0.15, 0.2) is 0 Å². The van der Waals surface area contributed by atoms with Crippen molar-refractivity contribution >= 4 is 0 Å². The summed E-state index contributed by atoms with van der Waals surface area (Å²) in [6, 6.07) is 0. The normalized spacial score (nSPS) is 13.4. The van der Waals surface area contributed by atoms with Crippen molar-refractivity contribution in [1.29, 1.82) is 0 Å². The van der Waals surface area contributed by atoms with Gasteiger partial charge >= 0.3 is 0 Å². The van der Waals surface area contributed by atoms with E-state index in [1.165, 1.54) is 0 Å². The molecule has 0 aliphatic rings. The fourth-order valence-corrected chi connectivity index (χ4v) is 2.24. The molecular weight excluding hydrogens is 358 g/mol. The molecule has 0 rings (SSSR count). The van der Waals surface area contributed by atoms with Crippen LogP contribution in [0, 0.1) is 5.92 Å². The summed E-state index contributed by atoms with van der Waals surface area (Å²) >= 11 is 0. The minimum atomic E-state index is -0.412. The number of rotatable bonds is 16. The molecule has 9 nitrogen and oxygen atoms in total. The molecule has 166 valence electrons. The molecule has 0 saturated heterocycles. The van der Waals surface area contributed by atoms with E-state index in [1.54, 1.807) is 12.4 Å². The molecule has 28 heavy (non-hydrogen) atoms. The van der Waals surface area contributed by atoms with Gasteiger partial charge in [0.05, 0.1) is 33.0 Å². The fourth-order valence-electron chi connectivity index (χ4n) is 2.24. The SMILES string of the molecule is C=CN(CC(C)C[NH3+])CN(C=C)CC(O)C[NH3+].C=CN(CNC)CC(O)C[NH3+]. The summed E-state index contributed by atoms with van der Waals surface area (Å²) in [5.74, 6) is 0.525. The Morgan fingerprint density at radius 3 is 1.61 bits per heavy atom. The number of hydrogen-bond donors (Lipinski definition) is 6. The van der Waals surface area contributed by atoms with E-state index in [1.807, 2.05) is 23.0 Å². The van der Waals surface area contributed by atoms with Gasteiger partial charge < -0.3 is 47.4 Å². The zero-order chi connectivity index (χ0) is 21.9. The van der Waals surface area contributed by atoms with Crippen LogP contribution in [0.5, 0.6) is 0 Å². The molecule has 0 bridgehead atoms. The lowest BCUT2D eigenvalue weighted by atomic mass is 10.2. The number of aliphatic hydroxyl groups is 2. The number of nitrogens with zero attached hydrogens (tertiary/aromatic N) is 3. The van der Waals surface area contributed by atoms with E-state index < -0.39 is 6.10 Å². The first-order valence-corrected chi connectivity index (χ1v) is 9.79. The van der Waals surface area contributed by atoms with Crippen LogP contribution >= 0.6 is 0 Å². The van der Waals surface area contributed by atoms with Gasteiger partial charge in [-0.2, -0.15) is 0 Å². The van der Waals surface area contributed by atoms with Crippen molar-refractivity contribution in [2.45, 2.75) is 19.1 Å². The standard InChI is InChI=1S/C12H26N4O.C7H17N3O/c1-4-15(8-11(3)6-13)10-16(5-2)9-12(17)7-14;1-3-10(6-9-2)5-7(11)4-8/h4-5,11-12,17H,1-2,6-10,13-14H2,3H3;3,7,9,11H,1,4-6,8H2,2H3/p+3. The second-order valence-corrected chi connectivity index (χ2v) is 6.79. The van der Waals surface area contributed by atoms with Crippen molar-refractivity contribution < 1.29 is 27.4 Å². The zero-order valence-electron chi connectivity index (χ0n) is 18.1. The molecule has 0 aliphatic carbocycles. The number of nitrogens with one attached hydrogen (secondary N) is 1. The molecule has 0 aromatic carbocycles. The summed E-state index contributed by atoms with van der Waals surface area (Å²) in [6.45, 7) is 18.7. The highest BCUT2D eigenvalue weighted by molar-refractivity contribution is 4.79. The molecular formula is C19H46N7O2+3. The molecule has 12 N–H and O–H groups in total. The van der Waals surface area contributed by atoms with Crippen LogP contribution < -0.4 is 22.5 Å². The summed E-state index contributed by atoms with van der Waals surface area (Å²) < 4.78 is 0. The first kappa shape index (κ1) is 28.6. The van der Waals surface area contributed by atoms with E-state index in [9.17, 15) is 10.2 Å². The van der Waals surface area contributed by atoms with Gasteiger partial charge in [0, 0.05) is 12.5 Å². The maximum Gasteiger partial charge on any atom is 0.120 e. The van der Waals surface area contributed by atoms with Crippen LogP contribution in [-0.4, -0.2) is 96.8 Å². The number of aliphatic hydroxyl groups excluding tert-OH is 2. The molecule has 3 unspecified atom stereocenters. The van der Waals surface area contributed by atoms with Crippen molar-refractivity contribution in [3.05, 3.63) is 38.3 Å². The Morgan fingerprint density at radius 2 is 1.25 bits per heavy atom. The van der Waals surface area contributed by atoms with Crippen molar-refractivity contribution in [1.82, 2.24) is 20.0 Å². The Labute approximate surface area is 171 Å². The summed E-state index contributed by atoms with van der Waals surface area (Å²) in [4.78, 5) is 5.97. The van der Waals surface area contributed by atoms with Crippen LogP contribution in [0.25, 0.3) is 0 Å². The topological polar surface area (TPSA) is 145 Å². The fraction of sp³-hybridized carbons (Fsp3) is 0.684. The van der Waals surface area contributed by atoms with E-state index in [-0.39, 0.29) is 6.10 Å². The van der Waals surface area contributed by atoms with E-state index in [0.29, 0.717) is 45.4 Å². The molecule has 0 amide bonds. The molecule has 0 aromatic heterocycles. The molecule has 0 aromatic rings. The Kier molecular flexibility index (Phi) is 19.1. The lowest BCUT2D eigenvalue weighted by molar-refractivity contribution is -0.384. The average Bonchev–Trinajstić information content (AvgIpc) is 2.71. The Balaban J connectivity index is 0. The molecule has 0 fully saturated rings. The highest BCUT2D eigenvalue weighted by atomic mass is 16.3. The van der Waals surface area contributed by atoms with E-state index in [0.717, 1.165) is 13.1 Å².